The Morgan fingerprint density at radius 3 is 2.67 bits per heavy atom. The third-order valence-electron chi connectivity index (χ3n) is 3.12. The second-order valence-electron chi connectivity index (χ2n) is 4.80. The van der Waals surface area contributed by atoms with Crippen molar-refractivity contribution in [2.24, 2.45) is 7.05 Å². The van der Waals surface area contributed by atoms with Gasteiger partial charge in [0.1, 0.15) is 0 Å². The van der Waals surface area contributed by atoms with Gasteiger partial charge in [-0.3, -0.25) is 9.67 Å². The largest absolute Gasteiger partial charge is 0.416 e. The number of nitrogens with one attached hydrogen (secondary N) is 1. The van der Waals surface area contributed by atoms with Crippen molar-refractivity contribution in [2.45, 2.75) is 25.6 Å². The number of pyridine rings is 1. The van der Waals surface area contributed by atoms with Gasteiger partial charge >= 0.3 is 6.18 Å². The molecule has 0 fully saturated rings. The molecule has 0 spiro atoms. The monoisotopic (exact) mass is 298 g/mol. The zero-order chi connectivity index (χ0) is 15.5. The van der Waals surface area contributed by atoms with Gasteiger partial charge in [-0.05, 0) is 19.0 Å². The first kappa shape index (κ1) is 15.5. The third kappa shape index (κ3) is 3.60. The van der Waals surface area contributed by atoms with E-state index < -0.39 is 17.8 Å². The lowest BCUT2D eigenvalue weighted by Crippen LogP contribution is -2.26. The van der Waals surface area contributed by atoms with Gasteiger partial charge in [-0.1, -0.05) is 6.92 Å². The molecule has 0 radical (unpaired) electrons. The van der Waals surface area contributed by atoms with Gasteiger partial charge in [0.05, 0.1) is 17.8 Å². The average molecular weight is 298 g/mol. The number of alkyl halides is 3. The lowest BCUT2D eigenvalue weighted by Gasteiger charge is -2.21. The number of rotatable bonds is 5. The van der Waals surface area contributed by atoms with E-state index in [2.05, 4.69) is 15.4 Å². The van der Waals surface area contributed by atoms with Crippen LogP contribution in [-0.2, 0) is 13.2 Å². The summed E-state index contributed by atoms with van der Waals surface area (Å²) in [4.78, 5) is 3.85. The van der Waals surface area contributed by atoms with Gasteiger partial charge in [0.2, 0.25) is 0 Å². The zero-order valence-corrected chi connectivity index (χ0v) is 11.9. The molecule has 0 aliphatic heterocycles. The minimum atomic E-state index is -4.41. The van der Waals surface area contributed by atoms with Crippen LogP contribution in [0.3, 0.4) is 0 Å². The van der Waals surface area contributed by atoms with Gasteiger partial charge in [0, 0.05) is 36.8 Å². The van der Waals surface area contributed by atoms with Gasteiger partial charge in [-0.2, -0.15) is 18.3 Å². The summed E-state index contributed by atoms with van der Waals surface area (Å²) < 4.78 is 41.1. The van der Waals surface area contributed by atoms with Gasteiger partial charge in [0.15, 0.2) is 0 Å². The molecule has 2 rings (SSSR count). The second-order valence-corrected chi connectivity index (χ2v) is 4.80. The molecule has 0 saturated heterocycles. The number of aryl methyl sites for hydroxylation is 1. The van der Waals surface area contributed by atoms with Crippen molar-refractivity contribution in [2.75, 3.05) is 6.54 Å². The second kappa shape index (κ2) is 6.26. The Hall–Kier alpha value is -1.89. The molecule has 0 aromatic carbocycles. The van der Waals surface area contributed by atoms with Crippen LogP contribution in [0.5, 0.6) is 0 Å². The van der Waals surface area contributed by atoms with Crippen LogP contribution in [0.15, 0.2) is 30.9 Å². The van der Waals surface area contributed by atoms with Crippen molar-refractivity contribution in [3.63, 3.8) is 0 Å². The van der Waals surface area contributed by atoms with Gasteiger partial charge in [-0.25, -0.2) is 0 Å². The molecule has 1 N–H and O–H groups in total. The zero-order valence-electron chi connectivity index (χ0n) is 11.9. The van der Waals surface area contributed by atoms with Crippen LogP contribution < -0.4 is 5.32 Å². The van der Waals surface area contributed by atoms with E-state index in [0.717, 1.165) is 18.7 Å². The lowest BCUT2D eigenvalue weighted by atomic mass is 9.98. The molecule has 0 amide bonds. The maximum Gasteiger partial charge on any atom is 0.416 e. The van der Waals surface area contributed by atoms with Crippen LogP contribution in [0.1, 0.15) is 36.1 Å². The van der Waals surface area contributed by atoms with Gasteiger partial charge < -0.3 is 5.32 Å². The van der Waals surface area contributed by atoms with Crippen molar-refractivity contribution in [1.82, 2.24) is 20.1 Å². The molecule has 0 saturated carbocycles. The van der Waals surface area contributed by atoms with E-state index in [0.29, 0.717) is 12.1 Å². The number of nitrogens with zero attached hydrogens (tertiary/aromatic N) is 3. The molecule has 7 heteroatoms. The van der Waals surface area contributed by atoms with Crippen molar-refractivity contribution in [3.05, 3.63) is 47.5 Å². The van der Waals surface area contributed by atoms with E-state index in [1.54, 1.807) is 24.1 Å². The molecule has 21 heavy (non-hydrogen) atoms. The van der Waals surface area contributed by atoms with Crippen LogP contribution in [0.2, 0.25) is 0 Å². The third-order valence-corrected chi connectivity index (χ3v) is 3.12. The molecule has 0 bridgehead atoms. The Balaban J connectivity index is 2.46. The van der Waals surface area contributed by atoms with Crippen molar-refractivity contribution < 1.29 is 13.2 Å². The molecule has 0 aliphatic carbocycles. The molecule has 2 heterocycles. The van der Waals surface area contributed by atoms with E-state index in [9.17, 15) is 13.2 Å². The highest BCUT2D eigenvalue weighted by Crippen LogP contribution is 2.35. The Bertz CT molecular complexity index is 592. The number of aromatic nitrogens is 3. The summed E-state index contributed by atoms with van der Waals surface area (Å²) in [5.74, 6) is 0. The van der Waals surface area contributed by atoms with E-state index >= 15 is 0 Å². The van der Waals surface area contributed by atoms with Crippen LogP contribution in [0.4, 0.5) is 13.2 Å². The Kier molecular flexibility index (Phi) is 4.62. The predicted molar refractivity (Wildman–Crippen MR) is 72.6 cm³/mol. The minimum Gasteiger partial charge on any atom is -0.306 e. The first-order valence-corrected chi connectivity index (χ1v) is 6.66. The predicted octanol–water partition coefficient (Wildman–Crippen LogP) is 2.92. The van der Waals surface area contributed by atoms with Crippen molar-refractivity contribution in [3.8, 4) is 0 Å². The fraction of sp³-hybridized carbons (Fsp3) is 0.429. The van der Waals surface area contributed by atoms with Crippen LogP contribution in [0, 0.1) is 0 Å². The summed E-state index contributed by atoms with van der Waals surface area (Å²) in [7, 11) is 1.73. The van der Waals surface area contributed by atoms with Gasteiger partial charge in [-0.15, -0.1) is 0 Å². The summed E-state index contributed by atoms with van der Waals surface area (Å²) in [5.41, 5.74) is 0.130. The average Bonchev–Trinajstić information content (AvgIpc) is 2.85. The Morgan fingerprint density at radius 1 is 1.33 bits per heavy atom. The Morgan fingerprint density at radius 2 is 2.10 bits per heavy atom. The smallest absolute Gasteiger partial charge is 0.306 e. The van der Waals surface area contributed by atoms with E-state index in [1.807, 2.05) is 6.92 Å². The SMILES string of the molecule is CCCNC(c1cnn(C)c1)c1cnccc1C(F)(F)F. The quantitative estimate of drug-likeness (QED) is 0.923. The molecular weight excluding hydrogens is 281 g/mol. The molecule has 114 valence electrons. The molecule has 0 aliphatic rings. The number of hydrogen-bond acceptors (Lipinski definition) is 3. The van der Waals surface area contributed by atoms with Crippen molar-refractivity contribution >= 4 is 0 Å². The summed E-state index contributed by atoms with van der Waals surface area (Å²) in [6.07, 6.45) is 2.11. The fourth-order valence-corrected chi connectivity index (χ4v) is 2.18. The topological polar surface area (TPSA) is 42.7 Å². The highest BCUT2D eigenvalue weighted by Gasteiger charge is 2.35. The minimum absolute atomic E-state index is 0.117. The summed E-state index contributed by atoms with van der Waals surface area (Å²) in [6, 6.07) is 0.427. The van der Waals surface area contributed by atoms with Crippen LogP contribution >= 0.6 is 0 Å². The first-order valence-electron chi connectivity index (χ1n) is 6.66. The molecule has 1 atom stereocenters. The first-order chi connectivity index (χ1) is 9.93. The number of halogens is 3. The molecule has 1 unspecified atom stereocenters. The molecule has 4 nitrogen and oxygen atoms in total. The maximum atomic E-state index is 13.2. The highest BCUT2D eigenvalue weighted by atomic mass is 19.4. The van der Waals surface area contributed by atoms with E-state index in [-0.39, 0.29) is 5.56 Å². The van der Waals surface area contributed by atoms with Crippen LogP contribution in [-0.4, -0.2) is 21.3 Å². The van der Waals surface area contributed by atoms with Crippen molar-refractivity contribution in [1.29, 1.82) is 0 Å². The highest BCUT2D eigenvalue weighted by molar-refractivity contribution is 5.35. The standard InChI is InChI=1S/C14H17F3N4/c1-3-5-19-13(10-7-20-21(2)9-10)11-8-18-6-4-12(11)14(15,16)17/h4,6-9,13,19H,3,5H2,1-2H3. The summed E-state index contributed by atoms with van der Waals surface area (Å²) in [5, 5.41) is 7.17. The summed E-state index contributed by atoms with van der Waals surface area (Å²) in [6.45, 7) is 2.56. The lowest BCUT2D eigenvalue weighted by molar-refractivity contribution is -0.138. The normalized spacial score (nSPS) is 13.4. The van der Waals surface area contributed by atoms with Crippen LogP contribution in [0.25, 0.3) is 0 Å². The Labute approximate surface area is 121 Å². The number of hydrogen-bond donors (Lipinski definition) is 1. The molecule has 2 aromatic heterocycles. The maximum absolute atomic E-state index is 13.2. The molecule has 2 aromatic rings. The van der Waals surface area contributed by atoms with E-state index in [1.165, 1.54) is 6.20 Å². The molecular formula is C14H17F3N4. The van der Waals surface area contributed by atoms with Gasteiger partial charge in [0.25, 0.3) is 0 Å². The summed E-state index contributed by atoms with van der Waals surface area (Å²) >= 11 is 0. The van der Waals surface area contributed by atoms with E-state index in [4.69, 9.17) is 0 Å². The fourth-order valence-electron chi connectivity index (χ4n) is 2.18.